The molecule has 0 radical (unpaired) electrons. The summed E-state index contributed by atoms with van der Waals surface area (Å²) in [7, 11) is 0. The predicted molar refractivity (Wildman–Crippen MR) is 71.1 cm³/mol. The highest BCUT2D eigenvalue weighted by Crippen LogP contribution is 2.55. The number of phenols is 1. The molecule has 114 valence electrons. The van der Waals surface area contributed by atoms with Crippen molar-refractivity contribution in [2.24, 2.45) is 0 Å². The number of aliphatic hydroxyl groups is 1. The minimum Gasteiger partial charge on any atom is -0.508 e. The Labute approximate surface area is 124 Å². The lowest BCUT2D eigenvalue weighted by atomic mass is 9.73. The van der Waals surface area contributed by atoms with Crippen molar-refractivity contribution in [1.82, 2.24) is 0 Å². The van der Waals surface area contributed by atoms with Crippen LogP contribution < -0.4 is 4.74 Å². The Morgan fingerprint density at radius 3 is 2.86 bits per heavy atom. The number of ketones is 1. The molecular weight excluding hydrogens is 292 g/mol. The van der Waals surface area contributed by atoms with E-state index in [1.807, 2.05) is 0 Å². The second-order valence-corrected chi connectivity index (χ2v) is 5.81. The molecule has 2 aliphatic heterocycles. The zero-order valence-electron chi connectivity index (χ0n) is 11.3. The molecule has 0 amide bonds. The van der Waals surface area contributed by atoms with E-state index in [1.165, 1.54) is 18.2 Å². The third-order valence-corrected chi connectivity index (χ3v) is 4.36. The summed E-state index contributed by atoms with van der Waals surface area (Å²) < 4.78 is 10.9. The summed E-state index contributed by atoms with van der Waals surface area (Å²) in [6, 6.07) is 4.47. The molecule has 0 saturated carbocycles. The first-order valence-electron chi connectivity index (χ1n) is 6.75. The number of carboxylic acids is 1. The first kappa shape index (κ1) is 13.3. The Bertz CT molecular complexity index is 752. The average molecular weight is 304 g/mol. The van der Waals surface area contributed by atoms with Gasteiger partial charge in [0.05, 0.1) is 6.42 Å². The summed E-state index contributed by atoms with van der Waals surface area (Å²) in [5, 5.41) is 29.1. The number of hydrogen-bond acceptors (Lipinski definition) is 6. The van der Waals surface area contributed by atoms with Crippen molar-refractivity contribution < 1.29 is 34.4 Å². The van der Waals surface area contributed by atoms with Crippen molar-refractivity contribution in [3.8, 4) is 11.5 Å². The van der Waals surface area contributed by atoms with Crippen LogP contribution in [0.15, 0.2) is 24.3 Å². The fourth-order valence-electron chi connectivity index (χ4n) is 3.43. The van der Waals surface area contributed by atoms with Gasteiger partial charge >= 0.3 is 5.97 Å². The van der Waals surface area contributed by atoms with Gasteiger partial charge in [-0.25, -0.2) is 4.79 Å². The Morgan fingerprint density at radius 2 is 2.14 bits per heavy atom. The summed E-state index contributed by atoms with van der Waals surface area (Å²) in [5.74, 6) is -3.82. The molecule has 3 aliphatic rings. The third-order valence-electron chi connectivity index (χ3n) is 4.36. The fourth-order valence-corrected chi connectivity index (χ4v) is 3.43. The van der Waals surface area contributed by atoms with Crippen molar-refractivity contribution >= 4 is 17.3 Å². The largest absolute Gasteiger partial charge is 0.508 e. The summed E-state index contributed by atoms with van der Waals surface area (Å²) in [6.07, 6.45) is -0.317. The van der Waals surface area contributed by atoms with Crippen LogP contribution >= 0.6 is 0 Å². The minimum absolute atomic E-state index is 0.00201. The van der Waals surface area contributed by atoms with Gasteiger partial charge in [0.25, 0.3) is 0 Å². The molecule has 1 saturated heterocycles. The van der Waals surface area contributed by atoms with E-state index in [1.54, 1.807) is 6.07 Å². The van der Waals surface area contributed by atoms with Crippen molar-refractivity contribution in [3.05, 3.63) is 29.8 Å². The normalized spacial score (nSPS) is 35.2. The average Bonchev–Trinajstić information content (AvgIpc) is 2.70. The number of aliphatic carboxylic acids is 1. The molecule has 0 aromatic heterocycles. The standard InChI is InChI=1S/C15H12O7/c16-7-1-2-8-9-4-12(17)15(20)6-14(9,21-10(8)3-7)5-11(22-15)13(18)19/h1-4,11,16,20H,5-6H2,(H,18,19). The van der Waals surface area contributed by atoms with E-state index in [4.69, 9.17) is 9.47 Å². The van der Waals surface area contributed by atoms with Crippen molar-refractivity contribution in [3.63, 3.8) is 0 Å². The lowest BCUT2D eigenvalue weighted by molar-refractivity contribution is -0.262. The van der Waals surface area contributed by atoms with Gasteiger partial charge in [-0.3, -0.25) is 4.79 Å². The Balaban J connectivity index is 1.89. The van der Waals surface area contributed by atoms with E-state index in [0.29, 0.717) is 16.9 Å². The van der Waals surface area contributed by atoms with E-state index in [9.17, 15) is 24.9 Å². The molecule has 2 heterocycles. The summed E-state index contributed by atoms with van der Waals surface area (Å²) >= 11 is 0. The van der Waals surface area contributed by atoms with E-state index < -0.39 is 29.2 Å². The van der Waals surface area contributed by atoms with Gasteiger partial charge in [-0.05, 0) is 18.2 Å². The molecule has 1 aromatic rings. The number of benzene rings is 1. The molecule has 4 rings (SSSR count). The monoisotopic (exact) mass is 304 g/mol. The Kier molecular flexibility index (Phi) is 2.34. The molecule has 22 heavy (non-hydrogen) atoms. The van der Waals surface area contributed by atoms with Crippen molar-refractivity contribution in [2.45, 2.75) is 30.3 Å². The van der Waals surface area contributed by atoms with Crippen molar-refractivity contribution in [1.29, 1.82) is 0 Å². The molecule has 7 heteroatoms. The van der Waals surface area contributed by atoms with Crippen LogP contribution in [0.5, 0.6) is 11.5 Å². The maximum atomic E-state index is 12.2. The molecule has 2 bridgehead atoms. The highest BCUT2D eigenvalue weighted by atomic mass is 16.7. The first-order chi connectivity index (χ1) is 10.3. The van der Waals surface area contributed by atoms with Crippen LogP contribution in [0.25, 0.3) is 5.57 Å². The maximum absolute atomic E-state index is 12.2. The van der Waals surface area contributed by atoms with Crippen LogP contribution in [0.3, 0.4) is 0 Å². The number of aromatic hydroxyl groups is 1. The quantitative estimate of drug-likeness (QED) is 0.690. The Morgan fingerprint density at radius 1 is 1.36 bits per heavy atom. The number of carboxylic acid groups (broad SMARTS) is 1. The van der Waals surface area contributed by atoms with Gasteiger partial charge in [-0.15, -0.1) is 0 Å². The predicted octanol–water partition coefficient (Wildman–Crippen LogP) is 0.442. The van der Waals surface area contributed by atoms with Crippen LogP contribution in [0.2, 0.25) is 0 Å². The van der Waals surface area contributed by atoms with Gasteiger partial charge in [-0.2, -0.15) is 0 Å². The number of carbonyl (C=O) groups excluding carboxylic acids is 1. The van der Waals surface area contributed by atoms with E-state index >= 15 is 0 Å². The van der Waals surface area contributed by atoms with Gasteiger partial charge < -0.3 is 24.8 Å². The van der Waals surface area contributed by atoms with E-state index in [-0.39, 0.29) is 18.6 Å². The van der Waals surface area contributed by atoms with Crippen LogP contribution in [0.4, 0.5) is 0 Å². The molecule has 1 aromatic carbocycles. The summed E-state index contributed by atoms with van der Waals surface area (Å²) in [5.41, 5.74) is -0.00827. The number of fused-ring (bicyclic) bond motifs is 3. The lowest BCUT2D eigenvalue weighted by Crippen LogP contribution is -2.61. The third kappa shape index (κ3) is 1.57. The van der Waals surface area contributed by atoms with Crippen LogP contribution in [-0.4, -0.2) is 44.6 Å². The molecule has 1 aliphatic carbocycles. The second-order valence-electron chi connectivity index (χ2n) is 5.81. The van der Waals surface area contributed by atoms with Gasteiger partial charge in [-0.1, -0.05) is 0 Å². The lowest BCUT2D eigenvalue weighted by Gasteiger charge is -2.46. The first-order valence-corrected chi connectivity index (χ1v) is 6.75. The number of ether oxygens (including phenoxy) is 2. The number of phenolic OH excluding ortho intramolecular Hbond substituents is 1. The molecule has 7 nitrogen and oxygen atoms in total. The number of rotatable bonds is 1. The highest BCUT2D eigenvalue weighted by molar-refractivity contribution is 6.07. The highest BCUT2D eigenvalue weighted by Gasteiger charge is 2.62. The number of hydrogen-bond donors (Lipinski definition) is 3. The molecule has 3 unspecified atom stereocenters. The van der Waals surface area contributed by atoms with Crippen LogP contribution in [0, 0.1) is 0 Å². The SMILES string of the molecule is O=C(O)C1CC23CC(O)(O1)C(=O)C=C2c1ccc(O)cc1O3. The maximum Gasteiger partial charge on any atom is 0.333 e. The topological polar surface area (TPSA) is 113 Å². The molecule has 3 atom stereocenters. The van der Waals surface area contributed by atoms with Crippen molar-refractivity contribution in [2.75, 3.05) is 0 Å². The van der Waals surface area contributed by atoms with Gasteiger partial charge in [0.2, 0.25) is 11.6 Å². The van der Waals surface area contributed by atoms with Gasteiger partial charge in [0.1, 0.15) is 17.1 Å². The van der Waals surface area contributed by atoms with Crippen LogP contribution in [-0.2, 0) is 14.3 Å². The molecule has 1 fully saturated rings. The Hall–Kier alpha value is -2.38. The smallest absolute Gasteiger partial charge is 0.333 e. The summed E-state index contributed by atoms with van der Waals surface area (Å²) in [6.45, 7) is 0. The molecular formula is C15H12O7. The van der Waals surface area contributed by atoms with Gasteiger partial charge in [0, 0.05) is 23.6 Å². The fraction of sp³-hybridized carbons (Fsp3) is 0.333. The van der Waals surface area contributed by atoms with Gasteiger partial charge in [0.15, 0.2) is 6.10 Å². The van der Waals surface area contributed by atoms with E-state index in [0.717, 1.165) is 0 Å². The minimum atomic E-state index is -2.20. The zero-order chi connectivity index (χ0) is 15.7. The van der Waals surface area contributed by atoms with E-state index in [2.05, 4.69) is 0 Å². The molecule has 3 N–H and O–H groups in total. The molecule has 1 spiro atoms. The zero-order valence-corrected chi connectivity index (χ0v) is 11.3. The number of carbonyl (C=O) groups is 2. The summed E-state index contributed by atoms with van der Waals surface area (Å²) in [4.78, 5) is 23.4. The second kappa shape index (κ2) is 3.88. The van der Waals surface area contributed by atoms with Crippen LogP contribution in [0.1, 0.15) is 18.4 Å².